The Bertz CT molecular complexity index is 81.0. The molecule has 0 saturated heterocycles. The molecule has 1 atom stereocenters. The predicted molar refractivity (Wildman–Crippen MR) is 26.1 cm³/mol. The molecule has 1 unspecified atom stereocenters. The smallest absolute Gasteiger partial charge is 0.255 e. The van der Waals surface area contributed by atoms with Crippen molar-refractivity contribution in [3.8, 4) is 0 Å². The summed E-state index contributed by atoms with van der Waals surface area (Å²) in [6, 6.07) is 0. The van der Waals surface area contributed by atoms with Crippen molar-refractivity contribution in [2.75, 3.05) is 7.18 Å². The summed E-state index contributed by atoms with van der Waals surface area (Å²) in [5.41, 5.74) is 0. The molecule has 4 heteroatoms. The Labute approximate surface area is 50.9 Å². The van der Waals surface area contributed by atoms with Crippen molar-refractivity contribution in [3.05, 3.63) is 0 Å². The van der Waals surface area contributed by atoms with Crippen LogP contribution in [0.1, 0.15) is 12.8 Å². The van der Waals surface area contributed by atoms with Crippen LogP contribution >= 0.6 is 0 Å². The molecule has 0 aromatic heterocycles. The Kier molecular flexibility index (Phi) is 2.94. The van der Waals surface area contributed by atoms with E-state index in [1.54, 1.807) is 0 Å². The first-order chi connectivity index (χ1) is 4.13. The van der Waals surface area contributed by atoms with E-state index in [2.05, 4.69) is 0 Å². The third kappa shape index (κ3) is 1.84. The van der Waals surface area contributed by atoms with E-state index in [9.17, 15) is 17.6 Å². The van der Waals surface area contributed by atoms with Crippen LogP contribution in [-0.2, 0) is 0 Å². The van der Waals surface area contributed by atoms with Gasteiger partial charge in [0.1, 0.15) is 0 Å². The summed E-state index contributed by atoms with van der Waals surface area (Å²) < 4.78 is 44.2. The molecule has 0 N–H and O–H groups in total. The van der Waals surface area contributed by atoms with Gasteiger partial charge < -0.3 is 0 Å². The molecule has 1 saturated carbocycles. The van der Waals surface area contributed by atoms with Crippen molar-refractivity contribution >= 4 is 0 Å². The van der Waals surface area contributed by atoms with Gasteiger partial charge in [0.15, 0.2) is 6.17 Å². The lowest BCUT2D eigenvalue weighted by molar-refractivity contribution is -0.141. The normalized spacial score (nSPS) is 29.7. The van der Waals surface area contributed by atoms with Crippen molar-refractivity contribution in [1.82, 2.24) is 0 Å². The average Bonchev–Trinajstić information content (AvgIpc) is 1.90. The van der Waals surface area contributed by atoms with Gasteiger partial charge in [0, 0.05) is 6.42 Å². The summed E-state index contributed by atoms with van der Waals surface area (Å²) in [6.07, 6.45) is -2.09. The van der Waals surface area contributed by atoms with Crippen LogP contribution < -0.4 is 0 Å². The highest BCUT2D eigenvalue weighted by molar-refractivity contribution is 4.87. The minimum atomic E-state index is -2.99. The van der Waals surface area contributed by atoms with E-state index in [0.717, 1.165) is 0 Å². The van der Waals surface area contributed by atoms with Gasteiger partial charge in [0.2, 0.25) is 0 Å². The van der Waals surface area contributed by atoms with E-state index < -0.39 is 12.1 Å². The average molecular weight is 144 g/mol. The molecule has 9 heavy (non-hydrogen) atoms. The first kappa shape index (κ1) is 8.72. The molecule has 0 bridgehead atoms. The van der Waals surface area contributed by atoms with Crippen LogP contribution in [0.4, 0.5) is 17.6 Å². The van der Waals surface area contributed by atoms with E-state index in [-0.39, 0.29) is 12.8 Å². The molecular weight excluding hydrogens is 136 g/mol. The summed E-state index contributed by atoms with van der Waals surface area (Å²) in [4.78, 5) is 0. The Hall–Kier alpha value is -0.280. The first-order valence-electron chi connectivity index (χ1n) is 2.52. The zero-order valence-electron chi connectivity index (χ0n) is 5.00. The fourth-order valence-corrected chi connectivity index (χ4v) is 0.472. The fourth-order valence-electron chi connectivity index (χ4n) is 0.472. The maximum absolute atomic E-state index is 11.6. The summed E-state index contributed by atoms with van der Waals surface area (Å²) >= 11 is 0. The van der Waals surface area contributed by atoms with Gasteiger partial charge in [0.25, 0.3) is 5.92 Å². The standard InChI is InChI=1S/C4H5F3.CH3F/c5-3-1-2-4(3,6)7;1-2/h3H,1-2H2;1H3. The van der Waals surface area contributed by atoms with E-state index >= 15 is 0 Å². The van der Waals surface area contributed by atoms with Crippen LogP contribution in [0, 0.1) is 0 Å². The molecule has 0 aromatic rings. The molecular formula is C5H8F4. The van der Waals surface area contributed by atoms with Crippen LogP contribution in [0.15, 0.2) is 0 Å². The van der Waals surface area contributed by atoms with Crippen LogP contribution in [-0.4, -0.2) is 19.3 Å². The van der Waals surface area contributed by atoms with Gasteiger partial charge >= 0.3 is 0 Å². The molecule has 0 spiro atoms. The Morgan fingerprint density at radius 3 is 1.67 bits per heavy atom. The van der Waals surface area contributed by atoms with Crippen LogP contribution in [0.25, 0.3) is 0 Å². The molecule has 0 aliphatic heterocycles. The van der Waals surface area contributed by atoms with Crippen LogP contribution in [0.3, 0.4) is 0 Å². The molecule has 1 aliphatic rings. The number of rotatable bonds is 0. The second kappa shape index (κ2) is 3.03. The Morgan fingerprint density at radius 1 is 1.33 bits per heavy atom. The number of alkyl halides is 4. The minimum Gasteiger partial charge on any atom is -0.255 e. The SMILES string of the molecule is CF.FC1CCC1(F)F. The maximum Gasteiger partial charge on any atom is 0.278 e. The molecule has 1 rings (SSSR count). The Morgan fingerprint density at radius 2 is 1.67 bits per heavy atom. The third-order valence-electron chi connectivity index (χ3n) is 1.19. The highest BCUT2D eigenvalue weighted by atomic mass is 19.3. The monoisotopic (exact) mass is 144 g/mol. The van der Waals surface area contributed by atoms with Gasteiger partial charge in [-0.15, -0.1) is 0 Å². The zero-order chi connectivity index (χ0) is 7.49. The van der Waals surface area contributed by atoms with Gasteiger partial charge in [0.05, 0.1) is 7.18 Å². The fraction of sp³-hybridized carbons (Fsp3) is 1.00. The van der Waals surface area contributed by atoms with Gasteiger partial charge in [-0.05, 0) is 6.42 Å². The molecule has 1 aliphatic carbocycles. The van der Waals surface area contributed by atoms with Crippen molar-refractivity contribution in [1.29, 1.82) is 0 Å². The van der Waals surface area contributed by atoms with E-state index in [1.807, 2.05) is 0 Å². The zero-order valence-corrected chi connectivity index (χ0v) is 5.00. The molecule has 0 amide bonds. The number of halogens is 4. The van der Waals surface area contributed by atoms with E-state index in [1.165, 1.54) is 0 Å². The van der Waals surface area contributed by atoms with E-state index in [0.29, 0.717) is 7.18 Å². The second-order valence-electron chi connectivity index (χ2n) is 1.77. The molecule has 56 valence electrons. The summed E-state index contributed by atoms with van der Waals surface area (Å²) in [7, 11) is 0.500. The molecule has 0 heterocycles. The predicted octanol–water partition coefficient (Wildman–Crippen LogP) is 2.34. The van der Waals surface area contributed by atoms with Gasteiger partial charge in [-0.2, -0.15) is 0 Å². The van der Waals surface area contributed by atoms with Gasteiger partial charge in [-0.3, -0.25) is 4.39 Å². The highest BCUT2D eigenvalue weighted by Crippen LogP contribution is 2.39. The van der Waals surface area contributed by atoms with Crippen molar-refractivity contribution in [2.24, 2.45) is 0 Å². The second-order valence-corrected chi connectivity index (χ2v) is 1.77. The minimum absolute atomic E-state index is 0.0347. The van der Waals surface area contributed by atoms with Gasteiger partial charge in [-0.1, -0.05) is 0 Å². The molecule has 0 aromatic carbocycles. The number of hydrogen-bond acceptors (Lipinski definition) is 0. The van der Waals surface area contributed by atoms with E-state index in [4.69, 9.17) is 0 Å². The van der Waals surface area contributed by atoms with Crippen LogP contribution in [0.2, 0.25) is 0 Å². The molecule has 1 fully saturated rings. The lowest BCUT2D eigenvalue weighted by atomic mass is 9.93. The largest absolute Gasteiger partial charge is 0.278 e. The summed E-state index contributed by atoms with van der Waals surface area (Å²) in [5, 5.41) is 0. The maximum atomic E-state index is 11.6. The third-order valence-corrected chi connectivity index (χ3v) is 1.19. The quantitative estimate of drug-likeness (QED) is 0.458. The van der Waals surface area contributed by atoms with Crippen molar-refractivity contribution in [2.45, 2.75) is 24.9 Å². The highest BCUT2D eigenvalue weighted by Gasteiger charge is 2.48. The Balaban J connectivity index is 0.000000291. The summed E-state index contributed by atoms with van der Waals surface area (Å²) in [6.45, 7) is 0. The van der Waals surface area contributed by atoms with Crippen molar-refractivity contribution in [3.63, 3.8) is 0 Å². The lowest BCUT2D eigenvalue weighted by Gasteiger charge is -2.29. The van der Waals surface area contributed by atoms with Crippen LogP contribution in [0.5, 0.6) is 0 Å². The summed E-state index contributed by atoms with van der Waals surface area (Å²) in [5.74, 6) is -2.99. The molecule has 0 nitrogen and oxygen atoms in total. The topological polar surface area (TPSA) is 0 Å². The van der Waals surface area contributed by atoms with Crippen molar-refractivity contribution < 1.29 is 17.6 Å². The lowest BCUT2D eigenvalue weighted by Crippen LogP contribution is -2.40. The van der Waals surface area contributed by atoms with Gasteiger partial charge in [-0.25, -0.2) is 13.2 Å². The number of hydrogen-bond donors (Lipinski definition) is 0. The first-order valence-corrected chi connectivity index (χ1v) is 2.52. The molecule has 0 radical (unpaired) electrons.